The molecule has 4 rings (SSSR count). The summed E-state index contributed by atoms with van der Waals surface area (Å²) in [4.78, 5) is 25.4. The molecule has 2 heterocycles. The molecular weight excluding hydrogens is 359 g/mol. The number of halogens is 2. The van der Waals surface area contributed by atoms with Crippen LogP contribution >= 0.6 is 11.6 Å². The Bertz CT molecular complexity index is 1150. The lowest BCUT2D eigenvalue weighted by molar-refractivity contribution is 0.103. The van der Waals surface area contributed by atoms with Gasteiger partial charge in [-0.2, -0.15) is 0 Å². The number of aromatic hydroxyl groups is 1. The Morgan fingerprint density at radius 1 is 1.19 bits per heavy atom. The molecule has 0 saturated carbocycles. The summed E-state index contributed by atoms with van der Waals surface area (Å²) in [6, 6.07) is 6.72. The third kappa shape index (κ3) is 2.68. The molecule has 2 aromatic heterocycles. The lowest BCUT2D eigenvalue weighted by Crippen LogP contribution is -2.06. The molecule has 0 amide bonds. The maximum atomic E-state index is 14.1. The Hall–Kier alpha value is -3.32. The largest absolute Gasteiger partial charge is 0.506 e. The SMILES string of the molecule is O=C(c1ccc2ncc(-n3ccnc3)nc2c1)c1c(F)ccc(O)c1Cl. The highest BCUT2D eigenvalue weighted by Gasteiger charge is 2.21. The van der Waals surface area contributed by atoms with Gasteiger partial charge in [-0.05, 0) is 30.3 Å². The Labute approximate surface area is 151 Å². The number of hydrogen-bond donors (Lipinski definition) is 1. The number of carbonyl (C=O) groups excluding carboxylic acids is 1. The number of ketones is 1. The Balaban J connectivity index is 1.82. The Morgan fingerprint density at radius 2 is 2.04 bits per heavy atom. The number of carbonyl (C=O) groups is 1. The van der Waals surface area contributed by atoms with Crippen LogP contribution in [0, 0.1) is 5.82 Å². The maximum absolute atomic E-state index is 14.1. The molecular formula is C18H10ClFN4O2. The van der Waals surface area contributed by atoms with Crippen molar-refractivity contribution in [1.82, 2.24) is 19.5 Å². The Kier molecular flexibility index (Phi) is 3.85. The van der Waals surface area contributed by atoms with Crippen molar-refractivity contribution in [2.45, 2.75) is 0 Å². The molecule has 6 nitrogen and oxygen atoms in total. The second-order valence-electron chi connectivity index (χ2n) is 5.49. The zero-order chi connectivity index (χ0) is 18.3. The first-order chi connectivity index (χ1) is 12.5. The number of phenols is 1. The molecule has 0 radical (unpaired) electrons. The second kappa shape index (κ2) is 6.20. The molecule has 0 atom stereocenters. The summed E-state index contributed by atoms with van der Waals surface area (Å²) >= 11 is 5.91. The van der Waals surface area contributed by atoms with E-state index in [0.717, 1.165) is 12.1 Å². The first kappa shape index (κ1) is 16.2. The van der Waals surface area contributed by atoms with Gasteiger partial charge in [0.2, 0.25) is 0 Å². The van der Waals surface area contributed by atoms with Crippen molar-refractivity contribution in [2.24, 2.45) is 0 Å². The predicted octanol–water partition coefficient (Wildman–Crippen LogP) is 3.54. The average molecular weight is 369 g/mol. The monoisotopic (exact) mass is 368 g/mol. The standard InChI is InChI=1S/C18H10ClFN4O2/c19-17-14(25)4-2-11(20)16(17)18(26)10-1-3-12-13(7-10)23-15(8-22-12)24-6-5-21-9-24/h1-9,25H. The molecule has 0 aliphatic heterocycles. The van der Waals surface area contributed by atoms with Crippen molar-refractivity contribution >= 4 is 28.4 Å². The van der Waals surface area contributed by atoms with E-state index in [1.165, 1.54) is 12.1 Å². The summed E-state index contributed by atoms with van der Waals surface area (Å²) in [6.07, 6.45) is 6.48. The van der Waals surface area contributed by atoms with Crippen LogP contribution < -0.4 is 0 Å². The molecule has 0 spiro atoms. The third-order valence-electron chi connectivity index (χ3n) is 3.86. The summed E-state index contributed by atoms with van der Waals surface area (Å²) < 4.78 is 15.7. The van der Waals surface area contributed by atoms with Gasteiger partial charge < -0.3 is 5.11 Å². The van der Waals surface area contributed by atoms with E-state index in [-0.39, 0.29) is 21.9 Å². The first-order valence-corrected chi connectivity index (χ1v) is 7.89. The Morgan fingerprint density at radius 3 is 2.81 bits per heavy atom. The van der Waals surface area contributed by atoms with Gasteiger partial charge in [0.05, 0.1) is 27.8 Å². The van der Waals surface area contributed by atoms with Crippen LogP contribution in [0.3, 0.4) is 0 Å². The maximum Gasteiger partial charge on any atom is 0.197 e. The van der Waals surface area contributed by atoms with Crippen molar-refractivity contribution in [3.05, 3.63) is 77.2 Å². The van der Waals surface area contributed by atoms with Crippen LogP contribution in [0.1, 0.15) is 15.9 Å². The van der Waals surface area contributed by atoms with E-state index < -0.39 is 11.6 Å². The van der Waals surface area contributed by atoms with Gasteiger partial charge in [-0.3, -0.25) is 14.3 Å². The molecule has 0 aliphatic rings. The first-order valence-electron chi connectivity index (χ1n) is 7.51. The van der Waals surface area contributed by atoms with E-state index in [4.69, 9.17) is 11.6 Å². The van der Waals surface area contributed by atoms with E-state index in [2.05, 4.69) is 15.0 Å². The molecule has 2 aromatic carbocycles. The minimum atomic E-state index is -0.809. The van der Waals surface area contributed by atoms with Gasteiger partial charge in [0.15, 0.2) is 11.6 Å². The van der Waals surface area contributed by atoms with E-state index in [0.29, 0.717) is 16.9 Å². The lowest BCUT2D eigenvalue weighted by atomic mass is 10.0. The molecule has 128 valence electrons. The molecule has 4 aromatic rings. The van der Waals surface area contributed by atoms with Gasteiger partial charge in [0.1, 0.15) is 17.9 Å². The van der Waals surface area contributed by atoms with Crippen LogP contribution in [-0.4, -0.2) is 30.4 Å². The molecule has 0 aliphatic carbocycles. The van der Waals surface area contributed by atoms with Gasteiger partial charge in [-0.15, -0.1) is 0 Å². The van der Waals surface area contributed by atoms with Crippen LogP contribution in [0.5, 0.6) is 5.75 Å². The molecule has 0 bridgehead atoms. The van der Waals surface area contributed by atoms with Gasteiger partial charge in [-0.1, -0.05) is 11.6 Å². The number of phenolic OH excluding ortho intramolecular Hbond substituents is 1. The zero-order valence-electron chi connectivity index (χ0n) is 13.1. The smallest absolute Gasteiger partial charge is 0.197 e. The van der Waals surface area contributed by atoms with Crippen LogP contribution in [0.15, 0.2) is 55.2 Å². The normalized spacial score (nSPS) is 11.0. The molecule has 0 fully saturated rings. The van der Waals surface area contributed by atoms with E-state index in [9.17, 15) is 14.3 Å². The molecule has 0 unspecified atom stereocenters. The van der Waals surface area contributed by atoms with Crippen LogP contribution in [0.2, 0.25) is 5.02 Å². The van der Waals surface area contributed by atoms with Gasteiger partial charge >= 0.3 is 0 Å². The number of benzene rings is 2. The summed E-state index contributed by atoms with van der Waals surface area (Å²) in [5.74, 6) is -1.29. The summed E-state index contributed by atoms with van der Waals surface area (Å²) in [5, 5.41) is 9.33. The zero-order valence-corrected chi connectivity index (χ0v) is 13.9. The predicted molar refractivity (Wildman–Crippen MR) is 93.2 cm³/mol. The molecule has 26 heavy (non-hydrogen) atoms. The summed E-state index contributed by atoms with van der Waals surface area (Å²) in [5.41, 5.74) is 0.831. The fourth-order valence-electron chi connectivity index (χ4n) is 2.56. The average Bonchev–Trinajstić information content (AvgIpc) is 3.19. The fraction of sp³-hybridized carbons (Fsp3) is 0. The van der Waals surface area contributed by atoms with Crippen molar-refractivity contribution in [2.75, 3.05) is 0 Å². The summed E-state index contributed by atoms with van der Waals surface area (Å²) in [7, 11) is 0. The molecule has 1 N–H and O–H groups in total. The quantitative estimate of drug-likeness (QED) is 0.559. The van der Waals surface area contributed by atoms with Crippen LogP contribution in [0.4, 0.5) is 4.39 Å². The van der Waals surface area contributed by atoms with Crippen LogP contribution in [-0.2, 0) is 0 Å². The van der Waals surface area contributed by atoms with Crippen LogP contribution in [0.25, 0.3) is 16.9 Å². The number of aromatic nitrogens is 4. The van der Waals surface area contributed by atoms with E-state index >= 15 is 0 Å². The molecule has 8 heteroatoms. The minimum absolute atomic E-state index is 0.181. The minimum Gasteiger partial charge on any atom is -0.506 e. The van der Waals surface area contributed by atoms with E-state index in [1.54, 1.807) is 35.6 Å². The van der Waals surface area contributed by atoms with Crippen molar-refractivity contribution in [3.63, 3.8) is 0 Å². The number of rotatable bonds is 3. The lowest BCUT2D eigenvalue weighted by Gasteiger charge is -2.08. The third-order valence-corrected chi connectivity index (χ3v) is 4.24. The summed E-state index contributed by atoms with van der Waals surface area (Å²) in [6.45, 7) is 0. The van der Waals surface area contributed by atoms with Gasteiger partial charge in [0, 0.05) is 18.0 Å². The van der Waals surface area contributed by atoms with E-state index in [1.807, 2.05) is 0 Å². The number of hydrogen-bond acceptors (Lipinski definition) is 5. The van der Waals surface area contributed by atoms with Gasteiger partial charge in [0.25, 0.3) is 0 Å². The highest BCUT2D eigenvalue weighted by molar-refractivity contribution is 6.36. The van der Waals surface area contributed by atoms with Gasteiger partial charge in [-0.25, -0.2) is 14.4 Å². The van der Waals surface area contributed by atoms with Crippen molar-refractivity contribution in [1.29, 1.82) is 0 Å². The van der Waals surface area contributed by atoms with Crippen molar-refractivity contribution < 1.29 is 14.3 Å². The number of nitrogens with zero attached hydrogens (tertiary/aromatic N) is 4. The highest BCUT2D eigenvalue weighted by atomic mass is 35.5. The number of fused-ring (bicyclic) bond motifs is 1. The number of imidazole rings is 1. The fourth-order valence-corrected chi connectivity index (χ4v) is 2.80. The van der Waals surface area contributed by atoms with Crippen molar-refractivity contribution in [3.8, 4) is 11.6 Å². The molecule has 0 saturated heterocycles. The topological polar surface area (TPSA) is 80.9 Å². The second-order valence-corrected chi connectivity index (χ2v) is 5.86. The highest BCUT2D eigenvalue weighted by Crippen LogP contribution is 2.31.